The third-order valence-corrected chi connectivity index (χ3v) is 0. The van der Waals surface area contributed by atoms with E-state index in [1.54, 1.807) is 0 Å². The fourth-order valence-electron chi connectivity index (χ4n) is 0. The molecule has 0 N–H and O–H groups in total. The third-order valence-electron chi connectivity index (χ3n) is 0. The van der Waals surface area contributed by atoms with E-state index in [4.69, 9.17) is 5.26 Å². The van der Waals surface area contributed by atoms with E-state index in [1.807, 2.05) is 0 Å². The van der Waals surface area contributed by atoms with E-state index < -0.39 is 0 Å². The van der Waals surface area contributed by atoms with E-state index >= 15 is 0 Å². The average molecular weight is 126 g/mol. The van der Waals surface area contributed by atoms with E-state index in [-0.39, 0.29) is 69.3 Å². The Morgan fingerprint density at radius 1 is 1.50 bits per heavy atom. The molecule has 0 saturated heterocycles. The van der Waals surface area contributed by atoms with E-state index in [9.17, 15) is 0 Å². The monoisotopic (exact) mass is 125 g/mol. The number of hydrogen-bond acceptors (Lipinski definition) is 1. The predicted molar refractivity (Wildman–Crippen MR) is 7.78 cm³/mol. The van der Waals surface area contributed by atoms with Crippen LogP contribution in [-0.2, 0) is 16.5 Å². The van der Waals surface area contributed by atoms with Crippen LogP contribution in [0.15, 0.2) is 0 Å². The Balaban J connectivity index is -0.00000000167. The molecule has 1 nitrogen and oxygen atoms in total. The van der Waals surface area contributed by atoms with Crippen LogP contribution in [0.25, 0.3) is 0 Å². The Morgan fingerprint density at radius 3 is 1.50 bits per heavy atom. The number of nitrogens with zero attached hydrogens (tertiary/aromatic N) is 1. The van der Waals surface area contributed by atoms with Crippen molar-refractivity contribution < 1.29 is 69.3 Å². The summed E-state index contributed by atoms with van der Waals surface area (Å²) in [7, 11) is 0. The van der Waals surface area contributed by atoms with Crippen LogP contribution in [0.1, 0.15) is 1.43 Å². The molecule has 0 aromatic carbocycles. The molecule has 0 bridgehead atoms. The second-order valence-corrected chi connectivity index (χ2v) is 0. The van der Waals surface area contributed by atoms with Crippen molar-refractivity contribution in [3.63, 3.8) is 0 Å². The van der Waals surface area contributed by atoms with Crippen LogP contribution < -0.4 is 51.4 Å². The molecule has 22 valence electrons. The van der Waals surface area contributed by atoms with Crippen molar-refractivity contribution in [2.75, 3.05) is 0 Å². The van der Waals surface area contributed by atoms with Gasteiger partial charge in [-0.1, -0.05) is 0 Å². The van der Waals surface area contributed by atoms with Gasteiger partial charge in [-0.25, -0.2) is 5.26 Å². The number of rotatable bonds is 0. The topological polar surface area (TPSA) is 23.8 Å². The summed E-state index contributed by atoms with van der Waals surface area (Å²) in [6, 6.07) is 0. The van der Waals surface area contributed by atoms with Gasteiger partial charge in [0, 0.05) is 23.1 Å². The molecule has 0 fully saturated rings. The van der Waals surface area contributed by atoms with Gasteiger partial charge in [0.25, 0.3) is 0 Å². The summed E-state index contributed by atoms with van der Waals surface area (Å²) in [6.07, 6.45) is 0. The van der Waals surface area contributed by atoms with E-state index in [0.717, 1.165) is 0 Å². The van der Waals surface area contributed by atoms with Crippen molar-refractivity contribution in [3.05, 3.63) is 0 Å². The summed E-state index contributed by atoms with van der Waals surface area (Å²) in [5.41, 5.74) is 0. The molecule has 0 aromatic heterocycles. The fourth-order valence-corrected chi connectivity index (χ4v) is 0. The van der Waals surface area contributed by atoms with Gasteiger partial charge < -0.3 is 1.43 Å². The number of nitriles is 1. The van der Waals surface area contributed by atoms with Gasteiger partial charge in [0.05, 0.1) is 0 Å². The van der Waals surface area contributed by atoms with Crippen LogP contribution in [0, 0.1) is 11.8 Å². The molecule has 0 saturated carbocycles. The zero-order valence-electron chi connectivity index (χ0n) is 3.34. The van der Waals surface area contributed by atoms with Crippen molar-refractivity contribution in [2.24, 2.45) is 0 Å². The van der Waals surface area contributed by atoms with E-state index in [2.05, 4.69) is 6.57 Å². The zero-order valence-corrected chi connectivity index (χ0v) is 6.45. The number of hydrogen-bond donors (Lipinski definition) is 0. The van der Waals surface area contributed by atoms with Gasteiger partial charge in [-0.15, -0.1) is 0 Å². The minimum Gasteiger partial charge on any atom is -1.00 e. The molecule has 4 heavy (non-hydrogen) atoms. The minimum absolute atomic E-state index is 0. The predicted octanol–water partition coefficient (Wildman–Crippen LogP) is -2.75. The minimum atomic E-state index is 0. The Kier molecular flexibility index (Phi) is 101. The Morgan fingerprint density at radius 2 is 1.50 bits per heavy atom. The Bertz CT molecular complexity index is 16.4. The molecule has 0 rings (SSSR count). The van der Waals surface area contributed by atoms with Crippen LogP contribution in [0.5, 0.6) is 0 Å². The molecular weight excluding hydrogens is 124 g/mol. The summed E-state index contributed by atoms with van der Waals surface area (Å²) >= 11 is 0. The fraction of sp³-hybridized carbons (Fsp3) is 0. The van der Waals surface area contributed by atoms with Crippen molar-refractivity contribution >= 4 is 0 Å². The average Bonchev–Trinajstić information content (AvgIpc) is 1.00. The van der Waals surface area contributed by atoms with Gasteiger partial charge in [0.2, 0.25) is 0 Å². The van der Waals surface area contributed by atoms with Crippen molar-refractivity contribution in [3.8, 4) is 6.57 Å². The van der Waals surface area contributed by atoms with Crippen molar-refractivity contribution in [2.45, 2.75) is 0 Å². The quantitative estimate of drug-likeness (QED) is 0.323. The van der Waals surface area contributed by atoms with Crippen molar-refractivity contribution in [1.82, 2.24) is 0 Å². The van der Waals surface area contributed by atoms with Crippen molar-refractivity contribution in [1.29, 1.82) is 5.26 Å². The van der Waals surface area contributed by atoms with E-state index in [0.29, 0.717) is 0 Å². The van der Waals surface area contributed by atoms with Crippen LogP contribution in [-0.4, -0.2) is 0 Å². The Labute approximate surface area is 79.6 Å². The zero-order chi connectivity index (χ0) is 2.00. The van der Waals surface area contributed by atoms with Gasteiger partial charge in [-0.3, -0.25) is 0 Å². The summed E-state index contributed by atoms with van der Waals surface area (Å²) in [6.45, 7) is 3.50. The molecule has 0 aliphatic rings. The van der Waals surface area contributed by atoms with Gasteiger partial charge >= 0.3 is 51.4 Å². The van der Waals surface area contributed by atoms with E-state index in [1.165, 1.54) is 0 Å². The normalized spacial score (nSPS) is 0.500. The second kappa shape index (κ2) is 23.1. The standard InChI is InChI=1S/CHN.K.Ni.H/c1-2;;;/h1H;;;/q;+1;;-1. The van der Waals surface area contributed by atoms with Gasteiger partial charge in [0.1, 0.15) is 0 Å². The molecule has 0 radical (unpaired) electrons. The smallest absolute Gasteiger partial charge is 1.00 e. The molecule has 0 spiro atoms. The SMILES string of the molecule is C#N.[H-].[K+].[Ni]. The molecule has 0 heterocycles. The maximum Gasteiger partial charge on any atom is 1.00 e. The Hall–Kier alpha value is 1.62. The van der Waals surface area contributed by atoms with Crippen LogP contribution in [0.2, 0.25) is 0 Å². The van der Waals surface area contributed by atoms with Crippen LogP contribution in [0.3, 0.4) is 0 Å². The molecule has 0 unspecified atom stereocenters. The molecule has 0 aromatic rings. The van der Waals surface area contributed by atoms with Gasteiger partial charge in [-0.2, -0.15) is 0 Å². The maximum atomic E-state index is 6.50. The first kappa shape index (κ1) is 17.5. The van der Waals surface area contributed by atoms with Crippen LogP contribution in [0.4, 0.5) is 0 Å². The van der Waals surface area contributed by atoms with Gasteiger partial charge in [-0.05, 0) is 0 Å². The molecule has 0 atom stereocenters. The molecule has 3 heteroatoms. The first-order chi connectivity index (χ1) is 1.00. The summed E-state index contributed by atoms with van der Waals surface area (Å²) in [5, 5.41) is 6.50. The largest absolute Gasteiger partial charge is 1.00 e. The summed E-state index contributed by atoms with van der Waals surface area (Å²) < 4.78 is 0. The first-order valence-corrected chi connectivity index (χ1v) is 0.258. The molecule has 0 aliphatic heterocycles. The second-order valence-electron chi connectivity index (χ2n) is 0. The molecule has 0 aliphatic carbocycles. The maximum absolute atomic E-state index is 6.50. The van der Waals surface area contributed by atoms with Gasteiger partial charge in [0.15, 0.2) is 0 Å². The first-order valence-electron chi connectivity index (χ1n) is 0.258. The summed E-state index contributed by atoms with van der Waals surface area (Å²) in [5.74, 6) is 0. The molecular formula is CH2KNNi. The summed E-state index contributed by atoms with van der Waals surface area (Å²) in [4.78, 5) is 0. The van der Waals surface area contributed by atoms with Crippen LogP contribution >= 0.6 is 0 Å². The molecule has 0 amide bonds. The third kappa shape index (κ3) is 9.47.